The first-order chi connectivity index (χ1) is 17.0. The molecule has 0 saturated carbocycles. The van der Waals surface area contributed by atoms with Gasteiger partial charge in [-0.05, 0) is 83.9 Å². The summed E-state index contributed by atoms with van der Waals surface area (Å²) in [6.07, 6.45) is 1.57. The minimum absolute atomic E-state index is 0.338. The highest BCUT2D eigenvalue weighted by molar-refractivity contribution is 7.16. The second kappa shape index (κ2) is 9.22. The average Bonchev–Trinajstić information content (AvgIpc) is 3.35. The fourth-order valence-corrected chi connectivity index (χ4v) is 4.49. The fraction of sp³-hybridized carbons (Fsp3) is 0.0741. The van der Waals surface area contributed by atoms with Crippen molar-refractivity contribution in [3.63, 3.8) is 0 Å². The monoisotopic (exact) mass is 474 g/mol. The maximum Gasteiger partial charge on any atom is 0.232 e. The molecule has 0 saturated heterocycles. The summed E-state index contributed by atoms with van der Waals surface area (Å²) in [6, 6.07) is 21.1. The van der Waals surface area contributed by atoms with Gasteiger partial charge in [-0.3, -0.25) is 0 Å². The van der Waals surface area contributed by atoms with E-state index in [1.807, 2.05) is 55.6 Å². The Hall–Kier alpha value is -4.79. The van der Waals surface area contributed by atoms with E-state index in [1.165, 1.54) is 11.3 Å². The van der Waals surface area contributed by atoms with E-state index in [2.05, 4.69) is 38.5 Å². The molecule has 0 fully saturated rings. The third kappa shape index (κ3) is 4.51. The number of aromatic nitrogens is 3. The highest BCUT2D eigenvalue weighted by Crippen LogP contribution is 2.37. The molecule has 0 aliphatic heterocycles. The van der Waals surface area contributed by atoms with Gasteiger partial charge in [0, 0.05) is 0 Å². The van der Waals surface area contributed by atoms with Crippen LogP contribution < -0.4 is 10.1 Å². The van der Waals surface area contributed by atoms with E-state index in [1.54, 1.807) is 18.3 Å². The number of aryl methyl sites for hydroxylation is 2. The Morgan fingerprint density at radius 1 is 0.886 bits per heavy atom. The molecule has 0 aliphatic rings. The maximum atomic E-state index is 9.05. The highest BCUT2D eigenvalue weighted by Gasteiger charge is 2.15. The lowest BCUT2D eigenvalue weighted by Crippen LogP contribution is -2.01. The molecule has 7 nitrogen and oxygen atoms in total. The Kier molecular flexibility index (Phi) is 5.80. The summed E-state index contributed by atoms with van der Waals surface area (Å²) in [6.45, 7) is 4.01. The van der Waals surface area contributed by atoms with Gasteiger partial charge in [-0.15, -0.1) is 11.3 Å². The van der Waals surface area contributed by atoms with Crippen LogP contribution in [0.25, 0.3) is 21.3 Å². The predicted molar refractivity (Wildman–Crippen MR) is 136 cm³/mol. The lowest BCUT2D eigenvalue weighted by Gasteiger charge is -2.15. The smallest absolute Gasteiger partial charge is 0.232 e. The van der Waals surface area contributed by atoms with Gasteiger partial charge in [-0.1, -0.05) is 12.1 Å². The Morgan fingerprint density at radius 2 is 1.66 bits per heavy atom. The molecule has 0 aliphatic carbocycles. The average molecular weight is 475 g/mol. The first-order valence-corrected chi connectivity index (χ1v) is 11.6. The van der Waals surface area contributed by atoms with E-state index in [0.29, 0.717) is 28.8 Å². The van der Waals surface area contributed by atoms with E-state index < -0.39 is 0 Å². The van der Waals surface area contributed by atoms with Crippen molar-refractivity contribution >= 4 is 33.2 Å². The first kappa shape index (κ1) is 22.0. The molecular weight excluding hydrogens is 456 g/mol. The molecule has 0 bridgehead atoms. The third-order valence-corrected chi connectivity index (χ3v) is 6.24. The molecule has 0 radical (unpaired) electrons. The number of rotatable bonds is 5. The molecule has 3 heterocycles. The molecule has 8 heteroatoms. The SMILES string of the molecule is Cc1cc(-c2ccc(C#N)cc2)cc(C)c1Oc1nc(Nc2ccc(C#N)nc2)nc2sccc12. The van der Waals surface area contributed by atoms with Crippen molar-refractivity contribution in [2.75, 3.05) is 5.32 Å². The zero-order valence-corrected chi connectivity index (χ0v) is 19.7. The number of thiophene rings is 1. The third-order valence-electron chi connectivity index (χ3n) is 5.43. The van der Waals surface area contributed by atoms with Gasteiger partial charge in [0.1, 0.15) is 22.3 Å². The van der Waals surface area contributed by atoms with Gasteiger partial charge >= 0.3 is 0 Å². The summed E-state index contributed by atoms with van der Waals surface area (Å²) in [7, 11) is 0. The topological polar surface area (TPSA) is 108 Å². The van der Waals surface area contributed by atoms with E-state index >= 15 is 0 Å². The first-order valence-electron chi connectivity index (χ1n) is 10.7. The van der Waals surface area contributed by atoms with Gasteiger partial charge in [-0.25, -0.2) is 9.97 Å². The summed E-state index contributed by atoms with van der Waals surface area (Å²) < 4.78 is 6.37. The summed E-state index contributed by atoms with van der Waals surface area (Å²) in [5.74, 6) is 1.57. The van der Waals surface area contributed by atoms with Crippen molar-refractivity contribution in [1.82, 2.24) is 15.0 Å². The molecule has 35 heavy (non-hydrogen) atoms. The molecule has 0 amide bonds. The number of nitrogens with one attached hydrogen (secondary N) is 1. The Labute approximate surface area is 205 Å². The van der Waals surface area contributed by atoms with Crippen LogP contribution in [0, 0.1) is 36.5 Å². The quantitative estimate of drug-likeness (QED) is 0.304. The van der Waals surface area contributed by atoms with E-state index in [0.717, 1.165) is 38.2 Å². The number of hydrogen-bond donors (Lipinski definition) is 1. The van der Waals surface area contributed by atoms with E-state index in [9.17, 15) is 0 Å². The van der Waals surface area contributed by atoms with Crippen LogP contribution in [0.2, 0.25) is 0 Å². The van der Waals surface area contributed by atoms with Crippen molar-refractivity contribution < 1.29 is 4.74 Å². The fourth-order valence-electron chi connectivity index (χ4n) is 3.74. The Morgan fingerprint density at radius 3 is 2.31 bits per heavy atom. The molecule has 1 N–H and O–H groups in total. The second-order valence-corrected chi connectivity index (χ2v) is 8.79. The second-order valence-electron chi connectivity index (χ2n) is 7.89. The number of benzene rings is 2. The molecule has 0 unspecified atom stereocenters. The van der Waals surface area contributed by atoms with Gasteiger partial charge in [0.15, 0.2) is 0 Å². The van der Waals surface area contributed by atoms with Gasteiger partial charge in [0.05, 0.1) is 28.9 Å². The lowest BCUT2D eigenvalue weighted by molar-refractivity contribution is 0.462. The maximum absolute atomic E-state index is 9.05. The normalized spacial score (nSPS) is 10.5. The van der Waals surface area contributed by atoms with Crippen molar-refractivity contribution in [2.24, 2.45) is 0 Å². The van der Waals surface area contributed by atoms with Crippen LogP contribution in [0.1, 0.15) is 22.4 Å². The number of pyridine rings is 1. The summed E-state index contributed by atoms with van der Waals surface area (Å²) in [5.41, 5.74) is 5.66. The van der Waals surface area contributed by atoms with Crippen LogP contribution >= 0.6 is 11.3 Å². The van der Waals surface area contributed by atoms with Crippen molar-refractivity contribution in [3.8, 4) is 34.9 Å². The van der Waals surface area contributed by atoms with Crippen molar-refractivity contribution in [1.29, 1.82) is 10.5 Å². The van der Waals surface area contributed by atoms with Gasteiger partial charge in [0.25, 0.3) is 0 Å². The van der Waals surface area contributed by atoms with Crippen molar-refractivity contribution in [3.05, 3.63) is 88.6 Å². The molecule has 0 atom stereocenters. The van der Waals surface area contributed by atoms with Crippen LogP contribution in [0.4, 0.5) is 11.6 Å². The van der Waals surface area contributed by atoms with E-state index in [4.69, 9.17) is 15.3 Å². The minimum atomic E-state index is 0.338. The molecule has 0 spiro atoms. The predicted octanol–water partition coefficient (Wildman–Crippen LogP) is 6.65. The number of fused-ring (bicyclic) bond motifs is 1. The number of anilines is 2. The Bertz CT molecular complexity index is 1600. The summed E-state index contributed by atoms with van der Waals surface area (Å²) >= 11 is 1.50. The molecule has 2 aromatic carbocycles. The van der Waals surface area contributed by atoms with Crippen LogP contribution in [0.5, 0.6) is 11.6 Å². The number of hydrogen-bond acceptors (Lipinski definition) is 8. The molecule has 3 aromatic heterocycles. The summed E-state index contributed by atoms with van der Waals surface area (Å²) in [4.78, 5) is 14.1. The van der Waals surface area contributed by atoms with Crippen LogP contribution in [0.3, 0.4) is 0 Å². The zero-order chi connectivity index (χ0) is 24.4. The number of nitrogens with zero attached hydrogens (tertiary/aromatic N) is 5. The van der Waals surface area contributed by atoms with Crippen LogP contribution in [-0.4, -0.2) is 15.0 Å². The molecule has 5 rings (SSSR count). The largest absolute Gasteiger partial charge is 0.438 e. The van der Waals surface area contributed by atoms with Crippen molar-refractivity contribution in [2.45, 2.75) is 13.8 Å². The van der Waals surface area contributed by atoms with Crippen LogP contribution in [0.15, 0.2) is 66.2 Å². The highest BCUT2D eigenvalue weighted by atomic mass is 32.1. The van der Waals surface area contributed by atoms with Crippen LogP contribution in [-0.2, 0) is 0 Å². The van der Waals surface area contributed by atoms with E-state index in [-0.39, 0.29) is 0 Å². The minimum Gasteiger partial charge on any atom is -0.438 e. The van der Waals surface area contributed by atoms with Gasteiger partial charge < -0.3 is 10.1 Å². The Balaban J connectivity index is 1.48. The van der Waals surface area contributed by atoms with Gasteiger partial charge in [-0.2, -0.15) is 15.5 Å². The molecule has 168 valence electrons. The molecule has 5 aromatic rings. The standard InChI is InChI=1S/C27H18N6OS/c1-16-11-20(19-5-3-18(13-28)4-6-19)12-17(2)24(16)34-25-23-9-10-35-26(23)33-27(32-25)31-22-8-7-21(14-29)30-15-22/h3-12,15H,1-2H3,(H,31,32,33). The number of nitriles is 2. The lowest BCUT2D eigenvalue weighted by atomic mass is 9.99. The molecular formula is C27H18N6OS. The summed E-state index contributed by atoms with van der Waals surface area (Å²) in [5, 5.41) is 23.9. The number of ether oxygens (including phenoxy) is 1. The van der Waals surface area contributed by atoms with Gasteiger partial charge in [0.2, 0.25) is 11.8 Å². The zero-order valence-electron chi connectivity index (χ0n) is 18.9.